The Bertz CT molecular complexity index is 556. The second kappa shape index (κ2) is 4.29. The van der Waals surface area contributed by atoms with Crippen molar-refractivity contribution in [2.24, 2.45) is 0 Å². The number of carbonyl (C=O) groups is 1. The molecule has 0 spiro atoms. The third-order valence-corrected chi connectivity index (χ3v) is 2.75. The van der Waals surface area contributed by atoms with Crippen LogP contribution >= 0.6 is 0 Å². The van der Waals surface area contributed by atoms with Gasteiger partial charge in [-0.2, -0.15) is 0 Å². The minimum atomic E-state index is -0.941. The van der Waals surface area contributed by atoms with Gasteiger partial charge in [-0.05, 0) is 41.8 Å². The van der Waals surface area contributed by atoms with Crippen LogP contribution in [0.2, 0.25) is 0 Å². The van der Waals surface area contributed by atoms with E-state index in [4.69, 9.17) is 5.11 Å². The Balaban J connectivity index is 2.47. The lowest BCUT2D eigenvalue weighted by atomic mass is 9.99. The molecular weight excluding hydrogens is 216 g/mol. The topological polar surface area (TPSA) is 57.5 Å². The number of hydrogen-bond acceptors (Lipinski definition) is 2. The van der Waals surface area contributed by atoms with Gasteiger partial charge in [0.15, 0.2) is 0 Å². The Morgan fingerprint density at radius 1 is 1.06 bits per heavy atom. The zero-order valence-corrected chi connectivity index (χ0v) is 9.34. The van der Waals surface area contributed by atoms with Gasteiger partial charge in [-0.3, -0.25) is 0 Å². The maximum absolute atomic E-state index is 10.7. The number of aromatic carboxylic acids is 1. The highest BCUT2D eigenvalue weighted by Gasteiger charge is 2.06. The molecule has 0 saturated heterocycles. The third kappa shape index (κ3) is 2.13. The number of phenolic OH excluding ortho intramolecular Hbond substituents is 1. The minimum absolute atomic E-state index is 0.241. The van der Waals surface area contributed by atoms with Gasteiger partial charge in [0.05, 0.1) is 5.56 Å². The van der Waals surface area contributed by atoms with E-state index >= 15 is 0 Å². The predicted octanol–water partition coefficient (Wildman–Crippen LogP) is 3.07. The Labute approximate surface area is 99.0 Å². The summed E-state index contributed by atoms with van der Waals surface area (Å²) >= 11 is 0. The largest absolute Gasteiger partial charge is 0.508 e. The summed E-state index contributed by atoms with van der Waals surface area (Å²) in [4.78, 5) is 10.7. The van der Waals surface area contributed by atoms with Crippen LogP contribution in [-0.4, -0.2) is 16.2 Å². The van der Waals surface area contributed by atoms with Gasteiger partial charge >= 0.3 is 5.97 Å². The zero-order valence-electron chi connectivity index (χ0n) is 9.34. The van der Waals surface area contributed by atoms with Crippen LogP contribution in [0.4, 0.5) is 0 Å². The average molecular weight is 228 g/mol. The van der Waals surface area contributed by atoms with Gasteiger partial charge in [-0.1, -0.05) is 24.3 Å². The van der Waals surface area contributed by atoms with Gasteiger partial charge in [-0.25, -0.2) is 4.79 Å². The van der Waals surface area contributed by atoms with E-state index in [1.807, 2.05) is 13.0 Å². The number of benzene rings is 2. The summed E-state index contributed by atoms with van der Waals surface area (Å²) in [5, 5.41) is 18.4. The molecule has 0 fully saturated rings. The fraction of sp³-hybridized carbons (Fsp3) is 0.0714. The maximum atomic E-state index is 10.7. The van der Waals surface area contributed by atoms with Gasteiger partial charge < -0.3 is 10.2 Å². The summed E-state index contributed by atoms with van der Waals surface area (Å²) in [5.41, 5.74) is 2.84. The van der Waals surface area contributed by atoms with Crippen molar-refractivity contribution in [1.82, 2.24) is 0 Å². The highest BCUT2D eigenvalue weighted by atomic mass is 16.4. The van der Waals surface area contributed by atoms with Crippen molar-refractivity contribution in [3.8, 4) is 16.9 Å². The fourth-order valence-electron chi connectivity index (χ4n) is 1.73. The molecule has 0 aliphatic rings. The first-order valence-corrected chi connectivity index (χ1v) is 5.22. The third-order valence-electron chi connectivity index (χ3n) is 2.75. The van der Waals surface area contributed by atoms with Crippen LogP contribution in [-0.2, 0) is 0 Å². The number of carboxylic acids is 1. The molecule has 2 N–H and O–H groups in total. The van der Waals surface area contributed by atoms with Crippen molar-refractivity contribution in [3.05, 3.63) is 53.6 Å². The van der Waals surface area contributed by atoms with Crippen molar-refractivity contribution in [2.75, 3.05) is 0 Å². The van der Waals surface area contributed by atoms with Gasteiger partial charge in [0.25, 0.3) is 0 Å². The van der Waals surface area contributed by atoms with Crippen LogP contribution in [0.5, 0.6) is 5.75 Å². The first-order valence-electron chi connectivity index (χ1n) is 5.22. The molecule has 0 aliphatic carbocycles. The number of rotatable bonds is 2. The van der Waals surface area contributed by atoms with Gasteiger partial charge in [0, 0.05) is 0 Å². The van der Waals surface area contributed by atoms with Crippen LogP contribution in [0.25, 0.3) is 11.1 Å². The Hall–Kier alpha value is -2.29. The molecule has 3 heteroatoms. The highest BCUT2D eigenvalue weighted by Crippen LogP contribution is 2.29. The van der Waals surface area contributed by atoms with Crippen LogP contribution in [0, 0.1) is 6.92 Å². The fourth-order valence-corrected chi connectivity index (χ4v) is 1.73. The van der Waals surface area contributed by atoms with Crippen molar-refractivity contribution in [2.45, 2.75) is 6.92 Å². The molecule has 3 nitrogen and oxygen atoms in total. The molecule has 2 rings (SSSR count). The average Bonchev–Trinajstić information content (AvgIpc) is 2.33. The molecule has 0 unspecified atom stereocenters. The summed E-state index contributed by atoms with van der Waals surface area (Å²) in [6.45, 7) is 1.83. The molecule has 0 radical (unpaired) electrons. The Kier molecular flexibility index (Phi) is 2.83. The number of phenols is 1. The van der Waals surface area contributed by atoms with Crippen LogP contribution in [0.1, 0.15) is 15.9 Å². The zero-order chi connectivity index (χ0) is 12.4. The first kappa shape index (κ1) is 11.2. The van der Waals surface area contributed by atoms with E-state index in [0.29, 0.717) is 0 Å². The summed E-state index contributed by atoms with van der Waals surface area (Å²) < 4.78 is 0. The molecule has 86 valence electrons. The summed E-state index contributed by atoms with van der Waals surface area (Å²) in [6, 6.07) is 11.9. The monoisotopic (exact) mass is 228 g/mol. The smallest absolute Gasteiger partial charge is 0.335 e. The molecule has 0 aromatic heterocycles. The van der Waals surface area contributed by atoms with Crippen LogP contribution < -0.4 is 0 Å². The first-order chi connectivity index (χ1) is 8.09. The molecule has 2 aromatic rings. The van der Waals surface area contributed by atoms with Crippen molar-refractivity contribution in [1.29, 1.82) is 0 Å². The summed E-state index contributed by atoms with van der Waals surface area (Å²) in [5.74, 6) is -0.700. The number of hydrogen-bond donors (Lipinski definition) is 2. The normalized spacial score (nSPS) is 10.2. The Morgan fingerprint density at radius 3 is 2.29 bits per heavy atom. The molecule has 2 aromatic carbocycles. The molecule has 0 amide bonds. The molecule has 17 heavy (non-hydrogen) atoms. The van der Waals surface area contributed by atoms with Crippen LogP contribution in [0.15, 0.2) is 42.5 Å². The lowest BCUT2D eigenvalue weighted by Crippen LogP contribution is -1.95. The standard InChI is InChI=1S/C14H12O3/c1-9-12(3-2-4-13(9)15)10-5-7-11(8-6-10)14(16)17/h2-8,15H,1H3,(H,16,17). The van der Waals surface area contributed by atoms with Crippen molar-refractivity contribution in [3.63, 3.8) is 0 Å². The van der Waals surface area contributed by atoms with E-state index in [0.717, 1.165) is 16.7 Å². The van der Waals surface area contributed by atoms with Crippen LogP contribution in [0.3, 0.4) is 0 Å². The second-order valence-corrected chi connectivity index (χ2v) is 3.83. The van der Waals surface area contributed by atoms with E-state index in [1.165, 1.54) is 0 Å². The van der Waals surface area contributed by atoms with E-state index in [1.54, 1.807) is 36.4 Å². The molecule has 0 saturated carbocycles. The number of carboxylic acid groups (broad SMARTS) is 1. The van der Waals surface area contributed by atoms with Crippen molar-refractivity contribution < 1.29 is 15.0 Å². The lowest BCUT2D eigenvalue weighted by Gasteiger charge is -2.07. The Morgan fingerprint density at radius 2 is 1.71 bits per heavy atom. The maximum Gasteiger partial charge on any atom is 0.335 e. The number of aromatic hydroxyl groups is 1. The molecular formula is C14H12O3. The second-order valence-electron chi connectivity index (χ2n) is 3.83. The predicted molar refractivity (Wildman–Crippen MR) is 65.2 cm³/mol. The van der Waals surface area contributed by atoms with Gasteiger partial charge in [0.1, 0.15) is 5.75 Å². The highest BCUT2D eigenvalue weighted by molar-refractivity contribution is 5.88. The van der Waals surface area contributed by atoms with Gasteiger partial charge in [-0.15, -0.1) is 0 Å². The van der Waals surface area contributed by atoms with Crippen molar-refractivity contribution >= 4 is 5.97 Å². The summed E-state index contributed by atoms with van der Waals surface area (Å²) in [6.07, 6.45) is 0. The van der Waals surface area contributed by atoms with Gasteiger partial charge in [0.2, 0.25) is 0 Å². The quantitative estimate of drug-likeness (QED) is 0.830. The van der Waals surface area contributed by atoms with E-state index in [9.17, 15) is 9.90 Å². The van der Waals surface area contributed by atoms with E-state index in [-0.39, 0.29) is 11.3 Å². The molecule has 0 aliphatic heterocycles. The van der Waals surface area contributed by atoms with E-state index in [2.05, 4.69) is 0 Å². The SMILES string of the molecule is Cc1c(O)cccc1-c1ccc(C(=O)O)cc1. The lowest BCUT2D eigenvalue weighted by molar-refractivity contribution is 0.0697. The molecule has 0 bridgehead atoms. The summed E-state index contributed by atoms with van der Waals surface area (Å²) in [7, 11) is 0. The van der Waals surface area contributed by atoms with E-state index < -0.39 is 5.97 Å². The minimum Gasteiger partial charge on any atom is -0.508 e. The molecule has 0 heterocycles. The molecule has 0 atom stereocenters.